The number of thioether (sulfide) groups is 1. The number of hydrogen-bond acceptors (Lipinski definition) is 4. The molecule has 0 fully saturated rings. The Balaban J connectivity index is 0. The number of halogens is 1. The van der Waals surface area contributed by atoms with E-state index in [9.17, 15) is 4.79 Å². The lowest BCUT2D eigenvalue weighted by molar-refractivity contribution is -0.122. The zero-order valence-electron chi connectivity index (χ0n) is 10.7. The molecular weight excluding hydrogens is 260 g/mol. The van der Waals surface area contributed by atoms with Crippen molar-refractivity contribution in [3.8, 4) is 0 Å². The molecule has 0 unspecified atom stereocenters. The topological polar surface area (TPSA) is 64.3 Å². The first-order valence-electron chi connectivity index (χ1n) is 5.82. The number of carbonyl (C=O) groups excluding carboxylic acids is 1. The number of carbonyl (C=O) groups is 1. The first kappa shape index (κ1) is 19.4. The molecule has 0 saturated heterocycles. The maximum atomic E-state index is 11.4. The average Bonchev–Trinajstić information content (AvgIpc) is 2.30. The van der Waals surface area contributed by atoms with E-state index in [1.807, 2.05) is 6.26 Å². The Morgan fingerprint density at radius 2 is 2.18 bits per heavy atom. The maximum absolute atomic E-state index is 11.4. The van der Waals surface area contributed by atoms with E-state index < -0.39 is 0 Å². The van der Waals surface area contributed by atoms with E-state index in [1.54, 1.807) is 11.8 Å². The Kier molecular flexibility index (Phi) is 16.1. The van der Waals surface area contributed by atoms with E-state index in [0.717, 1.165) is 31.6 Å². The van der Waals surface area contributed by atoms with Crippen LogP contribution in [0.15, 0.2) is 0 Å². The fourth-order valence-electron chi connectivity index (χ4n) is 1.10. The summed E-state index contributed by atoms with van der Waals surface area (Å²) in [4.78, 5) is 11.4. The van der Waals surface area contributed by atoms with Crippen LogP contribution in [0.2, 0.25) is 0 Å². The van der Waals surface area contributed by atoms with Crippen LogP contribution in [0.25, 0.3) is 0 Å². The zero-order chi connectivity index (χ0) is 12.2. The number of rotatable bonds is 10. The summed E-state index contributed by atoms with van der Waals surface area (Å²) in [6, 6.07) is -0.386. The standard InChI is InChI=1S/C11H24N2O2S.ClH/c1-3-4-7-15-8-6-13-11(14)10(12)5-9-16-2;/h10H,3-9,12H2,1-2H3,(H,13,14);1H/t10-;/m0./s1. The van der Waals surface area contributed by atoms with Crippen molar-refractivity contribution in [2.75, 3.05) is 31.8 Å². The molecule has 0 aromatic heterocycles. The van der Waals surface area contributed by atoms with Gasteiger partial charge in [0.2, 0.25) is 5.91 Å². The van der Waals surface area contributed by atoms with Crippen molar-refractivity contribution >= 4 is 30.1 Å². The molecule has 0 saturated carbocycles. The van der Waals surface area contributed by atoms with Gasteiger partial charge in [-0.15, -0.1) is 12.4 Å². The second-order valence-corrected chi connectivity index (χ2v) is 4.63. The molecule has 0 radical (unpaired) electrons. The van der Waals surface area contributed by atoms with E-state index in [2.05, 4.69) is 12.2 Å². The molecule has 0 bridgehead atoms. The fraction of sp³-hybridized carbons (Fsp3) is 0.909. The summed E-state index contributed by atoms with van der Waals surface area (Å²) in [6.45, 7) is 4.01. The molecule has 0 spiro atoms. The molecule has 0 heterocycles. The van der Waals surface area contributed by atoms with Crippen LogP contribution in [-0.4, -0.2) is 43.7 Å². The Labute approximate surface area is 115 Å². The van der Waals surface area contributed by atoms with Gasteiger partial charge in [-0.1, -0.05) is 13.3 Å². The summed E-state index contributed by atoms with van der Waals surface area (Å²) in [5, 5.41) is 2.77. The summed E-state index contributed by atoms with van der Waals surface area (Å²) in [6.07, 6.45) is 4.93. The summed E-state index contributed by atoms with van der Waals surface area (Å²) in [5.41, 5.74) is 5.70. The van der Waals surface area contributed by atoms with Gasteiger partial charge in [0.05, 0.1) is 12.6 Å². The number of nitrogens with one attached hydrogen (secondary N) is 1. The summed E-state index contributed by atoms with van der Waals surface area (Å²) in [7, 11) is 0. The van der Waals surface area contributed by atoms with Gasteiger partial charge in [0.25, 0.3) is 0 Å². The van der Waals surface area contributed by atoms with Crippen LogP contribution >= 0.6 is 24.2 Å². The van der Waals surface area contributed by atoms with Crippen LogP contribution in [0.4, 0.5) is 0 Å². The van der Waals surface area contributed by atoms with Gasteiger partial charge in [-0.2, -0.15) is 11.8 Å². The van der Waals surface area contributed by atoms with Crippen LogP contribution < -0.4 is 11.1 Å². The molecule has 0 rings (SSSR count). The third-order valence-corrected chi connectivity index (χ3v) is 2.80. The maximum Gasteiger partial charge on any atom is 0.237 e. The Morgan fingerprint density at radius 3 is 2.76 bits per heavy atom. The zero-order valence-corrected chi connectivity index (χ0v) is 12.4. The van der Waals surface area contributed by atoms with E-state index in [0.29, 0.717) is 13.2 Å². The minimum atomic E-state index is -0.386. The number of ether oxygens (including phenoxy) is 1. The summed E-state index contributed by atoms with van der Waals surface area (Å²) in [5.74, 6) is 0.842. The molecule has 0 aromatic rings. The predicted octanol–water partition coefficient (Wildman–Crippen LogP) is 1.42. The second-order valence-electron chi connectivity index (χ2n) is 3.64. The van der Waals surface area contributed by atoms with Crippen LogP contribution in [-0.2, 0) is 9.53 Å². The van der Waals surface area contributed by atoms with Crippen molar-refractivity contribution in [3.05, 3.63) is 0 Å². The Morgan fingerprint density at radius 1 is 1.47 bits per heavy atom. The minimum absolute atomic E-state index is 0. The lowest BCUT2D eigenvalue weighted by Gasteiger charge is -2.11. The van der Waals surface area contributed by atoms with E-state index in [4.69, 9.17) is 10.5 Å². The summed E-state index contributed by atoms with van der Waals surface area (Å²) >= 11 is 1.70. The largest absolute Gasteiger partial charge is 0.380 e. The highest BCUT2D eigenvalue weighted by Crippen LogP contribution is 1.98. The van der Waals surface area contributed by atoms with Crippen LogP contribution in [0.5, 0.6) is 0 Å². The Hall–Kier alpha value is 0.0300. The minimum Gasteiger partial charge on any atom is -0.380 e. The van der Waals surface area contributed by atoms with Gasteiger partial charge in [0.15, 0.2) is 0 Å². The van der Waals surface area contributed by atoms with Crippen molar-refractivity contribution < 1.29 is 9.53 Å². The van der Waals surface area contributed by atoms with Crippen molar-refractivity contribution in [2.45, 2.75) is 32.2 Å². The molecule has 1 amide bonds. The molecule has 17 heavy (non-hydrogen) atoms. The van der Waals surface area contributed by atoms with Crippen molar-refractivity contribution in [1.82, 2.24) is 5.32 Å². The molecule has 104 valence electrons. The molecule has 1 atom stereocenters. The fourth-order valence-corrected chi connectivity index (χ4v) is 1.59. The lowest BCUT2D eigenvalue weighted by Crippen LogP contribution is -2.42. The van der Waals surface area contributed by atoms with E-state index in [-0.39, 0.29) is 24.4 Å². The number of nitrogens with two attached hydrogens (primary N) is 1. The molecule has 6 heteroatoms. The smallest absolute Gasteiger partial charge is 0.237 e. The third-order valence-electron chi connectivity index (χ3n) is 2.16. The predicted molar refractivity (Wildman–Crippen MR) is 77.0 cm³/mol. The average molecular weight is 285 g/mol. The first-order chi connectivity index (χ1) is 7.72. The summed E-state index contributed by atoms with van der Waals surface area (Å²) < 4.78 is 5.33. The van der Waals surface area contributed by atoms with Gasteiger partial charge < -0.3 is 15.8 Å². The number of hydrogen-bond donors (Lipinski definition) is 2. The highest BCUT2D eigenvalue weighted by atomic mass is 35.5. The van der Waals surface area contributed by atoms with E-state index in [1.165, 1.54) is 0 Å². The Bertz CT molecular complexity index is 185. The number of amides is 1. The van der Waals surface area contributed by atoms with Crippen LogP contribution in [0, 0.1) is 0 Å². The second kappa shape index (κ2) is 14.1. The molecule has 4 nitrogen and oxygen atoms in total. The van der Waals surface area contributed by atoms with Gasteiger partial charge in [-0.25, -0.2) is 0 Å². The first-order valence-corrected chi connectivity index (χ1v) is 7.21. The van der Waals surface area contributed by atoms with Crippen molar-refractivity contribution in [2.24, 2.45) is 5.73 Å². The van der Waals surface area contributed by atoms with Gasteiger partial charge in [0, 0.05) is 13.2 Å². The third kappa shape index (κ3) is 12.3. The van der Waals surface area contributed by atoms with Crippen LogP contribution in [0.1, 0.15) is 26.2 Å². The molecule has 3 N–H and O–H groups in total. The molecule has 0 aliphatic carbocycles. The SMILES string of the molecule is CCCCOCCNC(=O)[C@@H](N)CCSC.Cl. The number of unbranched alkanes of at least 4 members (excludes halogenated alkanes) is 1. The van der Waals surface area contributed by atoms with Crippen molar-refractivity contribution in [1.29, 1.82) is 0 Å². The van der Waals surface area contributed by atoms with Gasteiger partial charge in [0.1, 0.15) is 0 Å². The highest BCUT2D eigenvalue weighted by molar-refractivity contribution is 7.98. The molecule has 0 aliphatic rings. The lowest BCUT2D eigenvalue weighted by atomic mass is 10.2. The van der Waals surface area contributed by atoms with Crippen molar-refractivity contribution in [3.63, 3.8) is 0 Å². The van der Waals surface area contributed by atoms with E-state index >= 15 is 0 Å². The van der Waals surface area contributed by atoms with Gasteiger partial charge >= 0.3 is 0 Å². The molecule has 0 aromatic carbocycles. The van der Waals surface area contributed by atoms with Crippen LogP contribution in [0.3, 0.4) is 0 Å². The molecular formula is C11H25ClN2O2S. The van der Waals surface area contributed by atoms with Gasteiger partial charge in [-0.3, -0.25) is 4.79 Å². The van der Waals surface area contributed by atoms with Gasteiger partial charge in [-0.05, 0) is 24.9 Å². The molecule has 0 aliphatic heterocycles. The monoisotopic (exact) mass is 284 g/mol. The quantitative estimate of drug-likeness (QED) is 0.596. The normalized spacial score (nSPS) is 11.7. The highest BCUT2D eigenvalue weighted by Gasteiger charge is 2.11.